The lowest BCUT2D eigenvalue weighted by Crippen LogP contribution is -2.44. The highest BCUT2D eigenvalue weighted by molar-refractivity contribution is 6.33. The lowest BCUT2D eigenvalue weighted by atomic mass is 9.95. The van der Waals surface area contributed by atoms with E-state index >= 15 is 0 Å². The molecule has 3 rings (SSSR count). The molecule has 0 spiro atoms. The number of hydrogen-bond donors (Lipinski definition) is 2. The smallest absolute Gasteiger partial charge is 0.241 e. The molecule has 0 saturated carbocycles. The summed E-state index contributed by atoms with van der Waals surface area (Å²) in [4.78, 5) is 12.3. The Hall–Kier alpha value is -1.91. The highest BCUT2D eigenvalue weighted by atomic mass is 35.5. The van der Waals surface area contributed by atoms with Crippen LogP contribution in [-0.2, 0) is 17.8 Å². The molecule has 0 aromatic heterocycles. The van der Waals surface area contributed by atoms with Gasteiger partial charge in [0.1, 0.15) is 5.82 Å². The Kier molecular flexibility index (Phi) is 3.90. The van der Waals surface area contributed by atoms with Crippen LogP contribution in [0.1, 0.15) is 11.1 Å². The first-order valence-corrected chi connectivity index (χ1v) is 7.07. The maximum absolute atomic E-state index is 13.0. The Balaban J connectivity index is 1.72. The Labute approximate surface area is 127 Å². The largest absolute Gasteiger partial charge is 0.323 e. The van der Waals surface area contributed by atoms with Crippen LogP contribution in [0.2, 0.25) is 5.02 Å². The molecule has 2 aromatic rings. The van der Waals surface area contributed by atoms with Crippen molar-refractivity contribution in [3.05, 3.63) is 64.4 Å². The summed E-state index contributed by atoms with van der Waals surface area (Å²) in [6, 6.07) is 11.6. The molecule has 0 saturated heterocycles. The average molecular weight is 305 g/mol. The first-order valence-electron chi connectivity index (χ1n) is 6.69. The van der Waals surface area contributed by atoms with Crippen molar-refractivity contribution in [1.29, 1.82) is 0 Å². The van der Waals surface area contributed by atoms with Crippen LogP contribution in [0.5, 0.6) is 0 Å². The molecule has 0 fully saturated rings. The predicted octanol–water partition coefficient (Wildman–Crippen LogP) is 3.13. The summed E-state index contributed by atoms with van der Waals surface area (Å²) in [6.07, 6.45) is 0.626. The van der Waals surface area contributed by atoms with E-state index in [-0.39, 0.29) is 17.0 Å². The monoisotopic (exact) mass is 304 g/mol. The molecule has 3 nitrogen and oxygen atoms in total. The minimum atomic E-state index is -0.428. The molecule has 108 valence electrons. The van der Waals surface area contributed by atoms with Gasteiger partial charge >= 0.3 is 0 Å². The van der Waals surface area contributed by atoms with Gasteiger partial charge in [0.25, 0.3) is 0 Å². The van der Waals surface area contributed by atoms with Gasteiger partial charge in [-0.25, -0.2) is 4.39 Å². The van der Waals surface area contributed by atoms with E-state index in [0.717, 1.165) is 0 Å². The Morgan fingerprint density at radius 2 is 2.00 bits per heavy atom. The SMILES string of the molecule is O=C(Nc1ccc(F)cc1Cl)[C@H]1Cc2ccccc2CN1. The first kappa shape index (κ1) is 14.0. The van der Waals surface area contributed by atoms with Crippen LogP contribution in [0.3, 0.4) is 0 Å². The summed E-state index contributed by atoms with van der Waals surface area (Å²) in [5, 5.41) is 6.13. The molecule has 2 aromatic carbocycles. The summed E-state index contributed by atoms with van der Waals surface area (Å²) in [6.45, 7) is 0.658. The zero-order valence-electron chi connectivity index (χ0n) is 11.2. The number of halogens is 2. The molecular formula is C16H14ClFN2O. The zero-order chi connectivity index (χ0) is 14.8. The minimum Gasteiger partial charge on any atom is -0.323 e. The fraction of sp³-hybridized carbons (Fsp3) is 0.188. The van der Waals surface area contributed by atoms with Crippen LogP contribution in [0.4, 0.5) is 10.1 Å². The van der Waals surface area contributed by atoms with E-state index < -0.39 is 5.82 Å². The number of benzene rings is 2. The van der Waals surface area contributed by atoms with Crippen LogP contribution in [0.25, 0.3) is 0 Å². The fourth-order valence-corrected chi connectivity index (χ4v) is 2.66. The number of rotatable bonds is 2. The lowest BCUT2D eigenvalue weighted by Gasteiger charge is -2.25. The van der Waals surface area contributed by atoms with Crippen LogP contribution in [0.15, 0.2) is 42.5 Å². The maximum atomic E-state index is 13.0. The quantitative estimate of drug-likeness (QED) is 0.895. The van der Waals surface area contributed by atoms with E-state index in [1.165, 1.54) is 29.3 Å². The highest BCUT2D eigenvalue weighted by Crippen LogP contribution is 2.23. The van der Waals surface area contributed by atoms with Crippen LogP contribution < -0.4 is 10.6 Å². The van der Waals surface area contributed by atoms with Crippen molar-refractivity contribution in [2.75, 3.05) is 5.32 Å². The third-order valence-electron chi connectivity index (χ3n) is 3.59. The van der Waals surface area contributed by atoms with E-state index in [2.05, 4.69) is 10.6 Å². The number of carbonyl (C=O) groups excluding carboxylic acids is 1. The molecule has 5 heteroatoms. The second-order valence-electron chi connectivity index (χ2n) is 5.02. The van der Waals surface area contributed by atoms with Crippen LogP contribution >= 0.6 is 11.6 Å². The summed E-state index contributed by atoms with van der Waals surface area (Å²) in [5.41, 5.74) is 2.80. The molecule has 1 aliphatic heterocycles. The second kappa shape index (κ2) is 5.84. The zero-order valence-corrected chi connectivity index (χ0v) is 12.0. The van der Waals surface area contributed by atoms with E-state index in [4.69, 9.17) is 11.6 Å². The second-order valence-corrected chi connectivity index (χ2v) is 5.43. The van der Waals surface area contributed by atoms with Gasteiger partial charge in [-0.1, -0.05) is 35.9 Å². The van der Waals surface area contributed by atoms with Crippen molar-refractivity contribution in [3.8, 4) is 0 Å². The molecule has 0 bridgehead atoms. The van der Waals surface area contributed by atoms with Gasteiger partial charge in [0.2, 0.25) is 5.91 Å². The highest BCUT2D eigenvalue weighted by Gasteiger charge is 2.24. The van der Waals surface area contributed by atoms with Crippen LogP contribution in [0, 0.1) is 5.82 Å². The van der Waals surface area contributed by atoms with Gasteiger partial charge in [-0.15, -0.1) is 0 Å². The molecule has 0 unspecified atom stereocenters. The van der Waals surface area contributed by atoms with Gasteiger partial charge in [-0.05, 0) is 35.7 Å². The molecule has 1 atom stereocenters. The Morgan fingerprint density at radius 3 is 2.76 bits per heavy atom. The van der Waals surface area contributed by atoms with E-state index in [1.54, 1.807) is 0 Å². The third-order valence-corrected chi connectivity index (χ3v) is 3.90. The number of amides is 1. The van der Waals surface area contributed by atoms with Crippen molar-refractivity contribution in [2.24, 2.45) is 0 Å². The minimum absolute atomic E-state index is 0.169. The molecule has 1 aliphatic rings. The Bertz CT molecular complexity index is 690. The van der Waals surface area contributed by atoms with Gasteiger partial charge in [-0.3, -0.25) is 4.79 Å². The lowest BCUT2D eigenvalue weighted by molar-refractivity contribution is -0.118. The van der Waals surface area contributed by atoms with Crippen LogP contribution in [-0.4, -0.2) is 11.9 Å². The average Bonchev–Trinajstić information content (AvgIpc) is 2.49. The van der Waals surface area contributed by atoms with Gasteiger partial charge in [0, 0.05) is 6.54 Å². The first-order chi connectivity index (χ1) is 10.1. The number of hydrogen-bond acceptors (Lipinski definition) is 2. The number of anilines is 1. The predicted molar refractivity (Wildman–Crippen MR) is 80.8 cm³/mol. The topological polar surface area (TPSA) is 41.1 Å². The molecule has 1 amide bonds. The van der Waals surface area contributed by atoms with Crippen molar-refractivity contribution >= 4 is 23.2 Å². The van der Waals surface area contributed by atoms with Crippen molar-refractivity contribution < 1.29 is 9.18 Å². The fourth-order valence-electron chi connectivity index (χ4n) is 2.45. The number of fused-ring (bicyclic) bond motifs is 1. The van der Waals surface area contributed by atoms with Gasteiger partial charge in [0.15, 0.2) is 0 Å². The standard InChI is InChI=1S/C16H14ClFN2O/c17-13-8-12(18)5-6-14(13)20-16(21)15-7-10-3-1-2-4-11(10)9-19-15/h1-6,8,15,19H,7,9H2,(H,20,21)/t15-/m1/s1. The number of nitrogens with one attached hydrogen (secondary N) is 2. The van der Waals surface area contributed by atoms with E-state index in [9.17, 15) is 9.18 Å². The molecule has 21 heavy (non-hydrogen) atoms. The number of carbonyl (C=O) groups is 1. The molecular weight excluding hydrogens is 291 g/mol. The van der Waals surface area contributed by atoms with Gasteiger partial charge in [-0.2, -0.15) is 0 Å². The molecule has 2 N–H and O–H groups in total. The molecule has 0 radical (unpaired) electrons. The molecule has 1 heterocycles. The van der Waals surface area contributed by atoms with Gasteiger partial charge < -0.3 is 10.6 Å². The third kappa shape index (κ3) is 3.06. The summed E-state index contributed by atoms with van der Waals surface area (Å²) >= 11 is 5.92. The maximum Gasteiger partial charge on any atom is 0.241 e. The van der Waals surface area contributed by atoms with Crippen molar-refractivity contribution in [1.82, 2.24) is 5.32 Å². The van der Waals surface area contributed by atoms with E-state index in [0.29, 0.717) is 18.7 Å². The Morgan fingerprint density at radius 1 is 1.24 bits per heavy atom. The van der Waals surface area contributed by atoms with E-state index in [1.807, 2.05) is 24.3 Å². The van der Waals surface area contributed by atoms with Crippen molar-refractivity contribution in [3.63, 3.8) is 0 Å². The van der Waals surface area contributed by atoms with Crippen molar-refractivity contribution in [2.45, 2.75) is 19.0 Å². The summed E-state index contributed by atoms with van der Waals surface area (Å²) < 4.78 is 13.0. The summed E-state index contributed by atoms with van der Waals surface area (Å²) in [5.74, 6) is -0.597. The molecule has 0 aliphatic carbocycles. The van der Waals surface area contributed by atoms with Gasteiger partial charge in [0.05, 0.1) is 16.8 Å². The summed E-state index contributed by atoms with van der Waals surface area (Å²) in [7, 11) is 0. The normalized spacial score (nSPS) is 17.1.